The van der Waals surface area contributed by atoms with Crippen LogP contribution in [0, 0.1) is 5.92 Å². The van der Waals surface area contributed by atoms with E-state index in [0.717, 1.165) is 12.8 Å². The minimum Gasteiger partial charge on any atom is -0.353 e. The fraction of sp³-hybridized carbons (Fsp3) is 0.909. The third kappa shape index (κ3) is 5.22. The van der Waals surface area contributed by atoms with Crippen LogP contribution in [0.3, 0.4) is 0 Å². The maximum atomic E-state index is 11.6. The van der Waals surface area contributed by atoms with Crippen molar-refractivity contribution in [1.29, 1.82) is 0 Å². The van der Waals surface area contributed by atoms with E-state index in [9.17, 15) is 4.79 Å². The Morgan fingerprint density at radius 3 is 2.36 bits per heavy atom. The van der Waals surface area contributed by atoms with Crippen LogP contribution in [-0.4, -0.2) is 18.0 Å². The van der Waals surface area contributed by atoms with Crippen LogP contribution >= 0.6 is 0 Å². The molecule has 0 fully saturated rings. The molecule has 84 valence electrons. The van der Waals surface area contributed by atoms with E-state index in [0.29, 0.717) is 0 Å². The molecule has 0 rings (SSSR count). The van der Waals surface area contributed by atoms with Gasteiger partial charge in [0.15, 0.2) is 0 Å². The Kier molecular flexibility index (Phi) is 6.54. The molecule has 0 saturated heterocycles. The van der Waals surface area contributed by atoms with Crippen LogP contribution in [0.1, 0.15) is 47.0 Å². The van der Waals surface area contributed by atoms with Gasteiger partial charge in [0.05, 0.1) is 0 Å². The van der Waals surface area contributed by atoms with Crippen molar-refractivity contribution < 1.29 is 4.79 Å². The second-order valence-corrected chi connectivity index (χ2v) is 4.20. The van der Waals surface area contributed by atoms with Crippen LogP contribution in [0.15, 0.2) is 0 Å². The first-order valence-corrected chi connectivity index (χ1v) is 5.55. The van der Waals surface area contributed by atoms with Crippen LogP contribution in [0.4, 0.5) is 0 Å². The predicted octanol–water partition coefficient (Wildman–Crippen LogP) is 1.66. The molecule has 3 N–H and O–H groups in total. The fourth-order valence-electron chi connectivity index (χ4n) is 1.20. The molecule has 14 heavy (non-hydrogen) atoms. The molecule has 3 heteroatoms. The van der Waals surface area contributed by atoms with Crippen molar-refractivity contribution in [2.24, 2.45) is 11.7 Å². The third-order valence-corrected chi connectivity index (χ3v) is 2.58. The molecule has 3 nitrogen and oxygen atoms in total. The molecule has 0 heterocycles. The molecule has 0 spiro atoms. The molecule has 0 saturated carbocycles. The van der Waals surface area contributed by atoms with Gasteiger partial charge in [-0.15, -0.1) is 0 Å². The van der Waals surface area contributed by atoms with Gasteiger partial charge in [0.2, 0.25) is 5.91 Å². The summed E-state index contributed by atoms with van der Waals surface area (Å²) < 4.78 is 0. The van der Waals surface area contributed by atoms with Gasteiger partial charge in [0.25, 0.3) is 0 Å². The molecule has 0 aromatic heterocycles. The van der Waals surface area contributed by atoms with Gasteiger partial charge >= 0.3 is 0 Å². The third-order valence-electron chi connectivity index (χ3n) is 2.58. The van der Waals surface area contributed by atoms with E-state index in [2.05, 4.69) is 12.2 Å². The Morgan fingerprint density at radius 1 is 1.36 bits per heavy atom. The molecule has 0 aliphatic rings. The molecule has 3 unspecified atom stereocenters. The summed E-state index contributed by atoms with van der Waals surface area (Å²) in [5.41, 5.74) is 5.65. The van der Waals surface area contributed by atoms with Gasteiger partial charge < -0.3 is 11.1 Å². The van der Waals surface area contributed by atoms with Gasteiger partial charge in [-0.1, -0.05) is 26.7 Å². The molecular formula is C11H24N2O. The molecule has 0 bridgehead atoms. The first-order valence-electron chi connectivity index (χ1n) is 5.55. The molecule has 0 aliphatic carbocycles. The zero-order chi connectivity index (χ0) is 11.1. The lowest BCUT2D eigenvalue weighted by Crippen LogP contribution is -2.42. The first kappa shape index (κ1) is 13.4. The van der Waals surface area contributed by atoms with Crippen molar-refractivity contribution >= 4 is 5.91 Å². The van der Waals surface area contributed by atoms with Gasteiger partial charge in [-0.05, 0) is 20.3 Å². The Morgan fingerprint density at radius 2 is 1.93 bits per heavy atom. The van der Waals surface area contributed by atoms with Crippen LogP contribution in [0.2, 0.25) is 0 Å². The van der Waals surface area contributed by atoms with Crippen molar-refractivity contribution in [3.8, 4) is 0 Å². The van der Waals surface area contributed by atoms with E-state index in [4.69, 9.17) is 5.73 Å². The summed E-state index contributed by atoms with van der Waals surface area (Å²) in [6.45, 7) is 7.92. The number of unbranched alkanes of at least 4 members (excludes halogenated alkanes) is 1. The van der Waals surface area contributed by atoms with Crippen molar-refractivity contribution in [2.45, 2.75) is 59.0 Å². The number of amides is 1. The second-order valence-electron chi connectivity index (χ2n) is 4.20. The highest BCUT2D eigenvalue weighted by Crippen LogP contribution is 2.03. The lowest BCUT2D eigenvalue weighted by Gasteiger charge is -2.19. The summed E-state index contributed by atoms with van der Waals surface area (Å²) in [6.07, 6.45) is 3.38. The average Bonchev–Trinajstić information content (AvgIpc) is 2.13. The normalized spacial score (nSPS) is 17.2. The lowest BCUT2D eigenvalue weighted by atomic mass is 10.0. The summed E-state index contributed by atoms with van der Waals surface area (Å²) in [4.78, 5) is 11.6. The van der Waals surface area contributed by atoms with Gasteiger partial charge in [0.1, 0.15) is 0 Å². The number of carbonyl (C=O) groups is 1. The molecule has 0 aliphatic heterocycles. The Bertz CT molecular complexity index is 169. The summed E-state index contributed by atoms with van der Waals surface area (Å²) in [6, 6.07) is 0.192. The summed E-state index contributed by atoms with van der Waals surface area (Å²) in [5, 5.41) is 2.98. The van der Waals surface area contributed by atoms with Crippen LogP contribution in [-0.2, 0) is 4.79 Å². The number of rotatable bonds is 6. The standard InChI is InChI=1S/C11H24N2O/c1-5-6-7-8(2)13-11(14)9(3)10(4)12/h8-10H,5-7,12H2,1-4H3,(H,13,14). The van der Waals surface area contributed by atoms with Gasteiger partial charge in [0, 0.05) is 18.0 Å². The highest BCUT2D eigenvalue weighted by Gasteiger charge is 2.18. The monoisotopic (exact) mass is 200 g/mol. The minimum absolute atomic E-state index is 0.0728. The second kappa shape index (κ2) is 6.82. The van der Waals surface area contributed by atoms with E-state index in [-0.39, 0.29) is 23.9 Å². The SMILES string of the molecule is CCCCC(C)NC(=O)C(C)C(C)N. The van der Waals surface area contributed by atoms with Gasteiger partial charge in [-0.25, -0.2) is 0 Å². The summed E-state index contributed by atoms with van der Waals surface area (Å²) in [7, 11) is 0. The van der Waals surface area contributed by atoms with E-state index in [1.807, 2.05) is 20.8 Å². The molecule has 3 atom stereocenters. The van der Waals surface area contributed by atoms with Crippen molar-refractivity contribution in [1.82, 2.24) is 5.32 Å². The molecule has 0 aromatic carbocycles. The van der Waals surface area contributed by atoms with Gasteiger partial charge in [-0.2, -0.15) is 0 Å². The average molecular weight is 200 g/mol. The Balaban J connectivity index is 3.81. The van der Waals surface area contributed by atoms with E-state index in [1.165, 1.54) is 6.42 Å². The molecule has 0 radical (unpaired) electrons. The van der Waals surface area contributed by atoms with Crippen LogP contribution in [0.25, 0.3) is 0 Å². The molecule has 1 amide bonds. The van der Waals surface area contributed by atoms with E-state index < -0.39 is 0 Å². The molecule has 0 aromatic rings. The summed E-state index contributed by atoms with van der Waals surface area (Å²) >= 11 is 0. The fourth-order valence-corrected chi connectivity index (χ4v) is 1.20. The van der Waals surface area contributed by atoms with Gasteiger partial charge in [-0.3, -0.25) is 4.79 Å². The van der Waals surface area contributed by atoms with Crippen LogP contribution in [0.5, 0.6) is 0 Å². The highest BCUT2D eigenvalue weighted by molar-refractivity contribution is 5.79. The van der Waals surface area contributed by atoms with Crippen molar-refractivity contribution in [3.05, 3.63) is 0 Å². The zero-order valence-corrected chi connectivity index (χ0v) is 9.84. The van der Waals surface area contributed by atoms with E-state index in [1.54, 1.807) is 0 Å². The van der Waals surface area contributed by atoms with Crippen LogP contribution < -0.4 is 11.1 Å². The maximum absolute atomic E-state index is 11.6. The highest BCUT2D eigenvalue weighted by atomic mass is 16.1. The largest absolute Gasteiger partial charge is 0.353 e. The maximum Gasteiger partial charge on any atom is 0.224 e. The molecular weight excluding hydrogens is 176 g/mol. The Labute approximate surface area is 87.4 Å². The number of nitrogens with two attached hydrogens (primary N) is 1. The number of hydrogen-bond acceptors (Lipinski definition) is 2. The zero-order valence-electron chi connectivity index (χ0n) is 9.84. The van der Waals surface area contributed by atoms with Crippen molar-refractivity contribution in [2.75, 3.05) is 0 Å². The first-order chi connectivity index (χ1) is 6.49. The lowest BCUT2D eigenvalue weighted by molar-refractivity contribution is -0.125. The predicted molar refractivity (Wildman–Crippen MR) is 59.9 cm³/mol. The number of carbonyl (C=O) groups excluding carboxylic acids is 1. The quantitative estimate of drug-likeness (QED) is 0.685. The Hall–Kier alpha value is -0.570. The minimum atomic E-state index is -0.0981. The number of hydrogen-bond donors (Lipinski definition) is 2. The summed E-state index contributed by atoms with van der Waals surface area (Å²) in [5.74, 6) is -0.0253. The number of nitrogens with one attached hydrogen (secondary N) is 1. The van der Waals surface area contributed by atoms with Crippen molar-refractivity contribution in [3.63, 3.8) is 0 Å². The van der Waals surface area contributed by atoms with E-state index >= 15 is 0 Å². The topological polar surface area (TPSA) is 55.1 Å². The smallest absolute Gasteiger partial charge is 0.224 e.